The topological polar surface area (TPSA) is 66.9 Å². The van der Waals surface area contributed by atoms with Crippen molar-refractivity contribution in [3.8, 4) is 0 Å². The molecule has 2 aromatic rings. The van der Waals surface area contributed by atoms with Gasteiger partial charge in [0.1, 0.15) is 5.82 Å². The van der Waals surface area contributed by atoms with Crippen LogP contribution in [0.2, 0.25) is 0 Å². The minimum Gasteiger partial charge on any atom is -0.326 e. The first-order chi connectivity index (χ1) is 12.2. The van der Waals surface area contributed by atoms with Crippen LogP contribution in [-0.2, 0) is 0 Å². The number of halogens is 4. The van der Waals surface area contributed by atoms with Gasteiger partial charge in [-0.2, -0.15) is 13.2 Å². The lowest BCUT2D eigenvalue weighted by Crippen LogP contribution is -2.24. The van der Waals surface area contributed by atoms with E-state index in [0.29, 0.717) is 5.16 Å². The minimum absolute atomic E-state index is 0.0444. The van der Waals surface area contributed by atoms with Gasteiger partial charge in [0.05, 0.1) is 11.3 Å². The van der Waals surface area contributed by atoms with Crippen molar-refractivity contribution >= 4 is 23.5 Å². The number of carbonyl (C=O) groups is 1. The highest BCUT2D eigenvalue weighted by Crippen LogP contribution is 2.25. The van der Waals surface area contributed by atoms with Crippen molar-refractivity contribution < 1.29 is 22.4 Å². The van der Waals surface area contributed by atoms with Crippen LogP contribution in [0.15, 0.2) is 54.1 Å². The number of nitrogens with zero attached hydrogens (tertiary/aromatic N) is 2. The summed E-state index contributed by atoms with van der Waals surface area (Å²) < 4.78 is 52.9. The van der Waals surface area contributed by atoms with Gasteiger partial charge in [-0.15, -0.1) is 0 Å². The minimum atomic E-state index is -4.34. The van der Waals surface area contributed by atoms with E-state index in [1.54, 1.807) is 6.07 Å². The molecule has 2 N–H and O–H groups in total. The molecule has 1 aromatic carbocycles. The van der Waals surface area contributed by atoms with Crippen LogP contribution in [0.5, 0.6) is 0 Å². The van der Waals surface area contributed by atoms with E-state index in [1.165, 1.54) is 18.5 Å². The second-order valence-electron chi connectivity index (χ2n) is 5.10. The molecule has 2 rings (SSSR count). The predicted octanol–water partition coefficient (Wildman–Crippen LogP) is 4.32. The fraction of sp³-hybridized carbons (Fsp3) is 0.188. The standard InChI is InChI=1S/C16H14F4N4OS/c1-10(5-6-16(18,19)20)23-14(25)12-4-3-11(17)9-13(12)24-26-15-21-7-2-8-22-15/h2-4,7-9,24H,1,5-6H2,(H,23,25). The Hall–Kier alpha value is -2.62. The van der Waals surface area contributed by atoms with E-state index in [9.17, 15) is 22.4 Å². The van der Waals surface area contributed by atoms with E-state index in [1.807, 2.05) is 0 Å². The van der Waals surface area contributed by atoms with Crippen molar-refractivity contribution in [1.82, 2.24) is 15.3 Å². The Bertz CT molecular complexity index is 784. The Kier molecular flexibility index (Phi) is 6.56. The molecule has 0 saturated carbocycles. The zero-order chi connectivity index (χ0) is 19.2. The van der Waals surface area contributed by atoms with Crippen LogP contribution >= 0.6 is 11.9 Å². The lowest BCUT2D eigenvalue weighted by atomic mass is 10.1. The van der Waals surface area contributed by atoms with Gasteiger partial charge in [-0.25, -0.2) is 14.4 Å². The van der Waals surface area contributed by atoms with Crippen LogP contribution in [0, 0.1) is 5.82 Å². The summed E-state index contributed by atoms with van der Waals surface area (Å²) in [5, 5.41) is 2.64. The van der Waals surface area contributed by atoms with Crippen LogP contribution in [0.3, 0.4) is 0 Å². The molecule has 0 aliphatic heterocycles. The van der Waals surface area contributed by atoms with Gasteiger partial charge >= 0.3 is 6.18 Å². The third-order valence-corrected chi connectivity index (χ3v) is 3.74. The first kappa shape index (κ1) is 19.7. The van der Waals surface area contributed by atoms with E-state index in [-0.39, 0.29) is 16.9 Å². The maximum absolute atomic E-state index is 13.5. The van der Waals surface area contributed by atoms with Crippen LogP contribution in [0.25, 0.3) is 0 Å². The van der Waals surface area contributed by atoms with Crippen molar-refractivity contribution in [2.45, 2.75) is 24.2 Å². The summed E-state index contributed by atoms with van der Waals surface area (Å²) in [4.78, 5) is 20.2. The molecular formula is C16H14F4N4OS. The largest absolute Gasteiger partial charge is 0.389 e. The highest BCUT2D eigenvalue weighted by molar-refractivity contribution is 8.00. The first-order valence-corrected chi connectivity index (χ1v) is 8.11. The number of anilines is 1. The number of aromatic nitrogens is 2. The van der Waals surface area contributed by atoms with E-state index in [0.717, 1.165) is 24.1 Å². The fourth-order valence-corrected chi connectivity index (χ4v) is 2.42. The predicted molar refractivity (Wildman–Crippen MR) is 89.8 cm³/mol. The number of alkyl halides is 3. The Morgan fingerprint density at radius 2 is 1.92 bits per heavy atom. The molecule has 0 aliphatic carbocycles. The molecule has 138 valence electrons. The zero-order valence-corrected chi connectivity index (χ0v) is 14.1. The number of hydrogen-bond donors (Lipinski definition) is 2. The molecule has 1 heterocycles. The summed E-state index contributed by atoms with van der Waals surface area (Å²) in [6.07, 6.45) is -2.85. The number of nitrogens with one attached hydrogen (secondary N) is 2. The number of benzene rings is 1. The quantitative estimate of drug-likeness (QED) is 0.421. The fourth-order valence-electron chi connectivity index (χ4n) is 1.82. The molecule has 0 saturated heterocycles. The molecule has 1 amide bonds. The molecule has 0 fully saturated rings. The average Bonchev–Trinajstić information content (AvgIpc) is 2.58. The molecule has 0 unspecified atom stereocenters. The van der Waals surface area contributed by atoms with E-state index in [2.05, 4.69) is 26.6 Å². The van der Waals surface area contributed by atoms with E-state index in [4.69, 9.17) is 0 Å². The molecule has 0 radical (unpaired) electrons. The smallest absolute Gasteiger partial charge is 0.326 e. The van der Waals surface area contributed by atoms with Crippen molar-refractivity contribution in [3.63, 3.8) is 0 Å². The first-order valence-electron chi connectivity index (χ1n) is 7.30. The maximum Gasteiger partial charge on any atom is 0.389 e. The average molecular weight is 386 g/mol. The number of allylic oxidation sites excluding steroid dienone is 1. The van der Waals surface area contributed by atoms with Gasteiger partial charge in [0.15, 0.2) is 0 Å². The highest BCUT2D eigenvalue weighted by Gasteiger charge is 2.27. The number of carbonyl (C=O) groups excluding carboxylic acids is 1. The Morgan fingerprint density at radius 3 is 2.58 bits per heavy atom. The molecule has 10 heteroatoms. The summed E-state index contributed by atoms with van der Waals surface area (Å²) in [7, 11) is 0. The summed E-state index contributed by atoms with van der Waals surface area (Å²) in [5.74, 6) is -1.29. The van der Waals surface area contributed by atoms with E-state index < -0.39 is 30.7 Å². The second-order valence-corrected chi connectivity index (χ2v) is 5.87. The van der Waals surface area contributed by atoms with Crippen molar-refractivity contribution in [2.24, 2.45) is 0 Å². The normalized spacial score (nSPS) is 11.1. The van der Waals surface area contributed by atoms with Gasteiger partial charge in [-0.3, -0.25) is 4.79 Å². The Balaban J connectivity index is 2.05. The van der Waals surface area contributed by atoms with Gasteiger partial charge in [0.25, 0.3) is 5.91 Å². The lowest BCUT2D eigenvalue weighted by Gasteiger charge is -2.13. The number of amides is 1. The Labute approximate surface area is 151 Å². The van der Waals surface area contributed by atoms with Gasteiger partial charge in [-0.1, -0.05) is 6.58 Å². The summed E-state index contributed by atoms with van der Waals surface area (Å²) in [5.41, 5.74) is 0.0909. The molecule has 0 spiro atoms. The third-order valence-electron chi connectivity index (χ3n) is 3.02. The molecule has 0 atom stereocenters. The van der Waals surface area contributed by atoms with E-state index >= 15 is 0 Å². The van der Waals surface area contributed by atoms with Crippen LogP contribution < -0.4 is 10.0 Å². The SMILES string of the molecule is C=C(CCC(F)(F)F)NC(=O)c1ccc(F)cc1NSc1ncccn1. The third kappa shape index (κ3) is 6.36. The zero-order valence-electron chi connectivity index (χ0n) is 13.3. The van der Waals surface area contributed by atoms with Gasteiger partial charge in [0, 0.05) is 36.5 Å². The van der Waals surface area contributed by atoms with Crippen LogP contribution in [0.1, 0.15) is 23.2 Å². The van der Waals surface area contributed by atoms with Crippen LogP contribution in [-0.4, -0.2) is 22.1 Å². The number of rotatable bonds is 7. The van der Waals surface area contributed by atoms with Crippen molar-refractivity contribution in [3.05, 3.63) is 60.3 Å². The second kappa shape index (κ2) is 8.65. The summed E-state index contributed by atoms with van der Waals surface area (Å²) in [6, 6.07) is 5.00. The van der Waals surface area contributed by atoms with Crippen LogP contribution in [0.4, 0.5) is 23.2 Å². The summed E-state index contributed by atoms with van der Waals surface area (Å²) >= 11 is 0.956. The van der Waals surface area contributed by atoms with Gasteiger partial charge in [-0.05, 0) is 30.7 Å². The lowest BCUT2D eigenvalue weighted by molar-refractivity contribution is -0.134. The molecular weight excluding hydrogens is 372 g/mol. The van der Waals surface area contributed by atoms with Gasteiger partial charge in [0.2, 0.25) is 5.16 Å². The number of hydrogen-bond acceptors (Lipinski definition) is 5. The molecule has 5 nitrogen and oxygen atoms in total. The molecule has 26 heavy (non-hydrogen) atoms. The summed E-state index contributed by atoms with van der Waals surface area (Å²) in [6.45, 7) is 3.41. The van der Waals surface area contributed by atoms with Crippen molar-refractivity contribution in [2.75, 3.05) is 4.72 Å². The molecule has 1 aromatic heterocycles. The Morgan fingerprint density at radius 1 is 1.23 bits per heavy atom. The highest BCUT2D eigenvalue weighted by atomic mass is 32.2. The monoisotopic (exact) mass is 386 g/mol. The van der Waals surface area contributed by atoms with Crippen molar-refractivity contribution in [1.29, 1.82) is 0 Å². The maximum atomic E-state index is 13.5. The molecule has 0 bridgehead atoms. The van der Waals surface area contributed by atoms with Gasteiger partial charge < -0.3 is 10.0 Å². The molecule has 0 aliphatic rings.